The molecule has 1 amide bonds. The van der Waals surface area contributed by atoms with Crippen molar-refractivity contribution in [1.82, 2.24) is 14.9 Å². The Balaban J connectivity index is 2.89. The van der Waals surface area contributed by atoms with Gasteiger partial charge in [0.1, 0.15) is 0 Å². The molecule has 6 heteroatoms. The predicted octanol–water partition coefficient (Wildman–Crippen LogP) is 2.41. The number of nitrogens with zero attached hydrogens (tertiary/aromatic N) is 3. The molecule has 0 fully saturated rings. The van der Waals surface area contributed by atoms with E-state index in [0.29, 0.717) is 5.69 Å². The summed E-state index contributed by atoms with van der Waals surface area (Å²) in [5.74, 6) is 0. The molecule has 0 spiro atoms. The molecule has 0 saturated heterocycles. The van der Waals surface area contributed by atoms with Crippen molar-refractivity contribution >= 4 is 17.7 Å². The average Bonchev–Trinajstić information content (AvgIpc) is 2.12. The zero-order chi connectivity index (χ0) is 12.3. The van der Waals surface area contributed by atoms with Crippen LogP contribution in [0.15, 0.2) is 12.3 Å². The van der Waals surface area contributed by atoms with Crippen molar-refractivity contribution in [3.63, 3.8) is 0 Å². The average molecular weight is 244 g/mol. The first-order valence-electron chi connectivity index (χ1n) is 4.78. The normalized spacial score (nSPS) is 11.2. The molecular weight excluding hydrogens is 230 g/mol. The van der Waals surface area contributed by atoms with Crippen molar-refractivity contribution in [1.29, 1.82) is 0 Å². The second-order valence-corrected chi connectivity index (χ2v) is 4.69. The highest BCUT2D eigenvalue weighted by molar-refractivity contribution is 6.28. The Morgan fingerprint density at radius 3 is 2.62 bits per heavy atom. The minimum Gasteiger partial charge on any atom is -0.465 e. The molecule has 0 aliphatic heterocycles. The zero-order valence-corrected chi connectivity index (χ0v) is 10.2. The minimum atomic E-state index is -0.984. The minimum absolute atomic E-state index is 0.122. The first-order valence-corrected chi connectivity index (χ1v) is 5.16. The third-order valence-corrected chi connectivity index (χ3v) is 2.23. The molecule has 1 aromatic heterocycles. The standard InChI is InChI=1S/C10H14ClN3O2/c1-10(2,3)14(9(15)16)6-7-4-5-12-8(11)13-7/h4-5H,6H2,1-3H3,(H,15,16). The first kappa shape index (κ1) is 12.7. The lowest BCUT2D eigenvalue weighted by molar-refractivity contribution is 0.0947. The molecule has 5 nitrogen and oxygen atoms in total. The fraction of sp³-hybridized carbons (Fsp3) is 0.500. The van der Waals surface area contributed by atoms with Gasteiger partial charge in [0.2, 0.25) is 5.28 Å². The molecule has 0 aliphatic rings. The summed E-state index contributed by atoms with van der Waals surface area (Å²) in [6.45, 7) is 5.67. The number of amides is 1. The lowest BCUT2D eigenvalue weighted by Crippen LogP contribution is -2.44. The van der Waals surface area contributed by atoms with Gasteiger partial charge in [-0.15, -0.1) is 0 Å². The Labute approximate surface area is 99.1 Å². The van der Waals surface area contributed by atoms with Crippen molar-refractivity contribution in [3.05, 3.63) is 23.2 Å². The van der Waals surface area contributed by atoms with E-state index < -0.39 is 11.6 Å². The van der Waals surface area contributed by atoms with E-state index in [4.69, 9.17) is 16.7 Å². The highest BCUT2D eigenvalue weighted by Crippen LogP contribution is 2.16. The van der Waals surface area contributed by atoms with Crippen LogP contribution >= 0.6 is 11.6 Å². The Morgan fingerprint density at radius 2 is 2.19 bits per heavy atom. The second kappa shape index (κ2) is 4.65. The van der Waals surface area contributed by atoms with Gasteiger partial charge in [-0.1, -0.05) is 0 Å². The van der Waals surface area contributed by atoms with E-state index in [9.17, 15) is 4.79 Å². The van der Waals surface area contributed by atoms with Gasteiger partial charge in [0.25, 0.3) is 0 Å². The monoisotopic (exact) mass is 243 g/mol. The molecule has 0 unspecified atom stereocenters. The third-order valence-electron chi connectivity index (χ3n) is 2.04. The smallest absolute Gasteiger partial charge is 0.408 e. The van der Waals surface area contributed by atoms with Crippen molar-refractivity contribution in [3.8, 4) is 0 Å². The molecule has 0 aliphatic carbocycles. The van der Waals surface area contributed by atoms with E-state index in [-0.39, 0.29) is 11.8 Å². The number of carbonyl (C=O) groups is 1. The van der Waals surface area contributed by atoms with Crippen molar-refractivity contribution in [2.45, 2.75) is 32.9 Å². The molecule has 1 rings (SSSR count). The number of aromatic nitrogens is 2. The molecule has 0 bridgehead atoms. The summed E-state index contributed by atoms with van der Waals surface area (Å²) in [5.41, 5.74) is 0.0980. The van der Waals surface area contributed by atoms with Crippen LogP contribution in [0.25, 0.3) is 0 Å². The van der Waals surface area contributed by atoms with E-state index in [0.717, 1.165) is 0 Å². The lowest BCUT2D eigenvalue weighted by atomic mass is 10.1. The topological polar surface area (TPSA) is 66.3 Å². The SMILES string of the molecule is CC(C)(C)N(Cc1ccnc(Cl)n1)C(=O)O. The molecule has 0 atom stereocenters. The maximum Gasteiger partial charge on any atom is 0.408 e. The molecule has 1 heterocycles. The van der Waals surface area contributed by atoms with Gasteiger partial charge in [-0.3, -0.25) is 4.90 Å². The summed E-state index contributed by atoms with van der Waals surface area (Å²) in [5, 5.41) is 9.21. The van der Waals surface area contributed by atoms with Crippen molar-refractivity contribution in [2.75, 3.05) is 0 Å². The maximum atomic E-state index is 11.1. The number of halogens is 1. The van der Waals surface area contributed by atoms with Gasteiger partial charge in [0, 0.05) is 11.7 Å². The summed E-state index contributed by atoms with van der Waals surface area (Å²) in [6.07, 6.45) is 0.523. The summed E-state index contributed by atoms with van der Waals surface area (Å²) in [7, 11) is 0. The highest BCUT2D eigenvalue weighted by atomic mass is 35.5. The number of carboxylic acid groups (broad SMARTS) is 1. The first-order chi connectivity index (χ1) is 7.30. The van der Waals surface area contributed by atoms with Gasteiger partial charge in [0.05, 0.1) is 12.2 Å². The van der Waals surface area contributed by atoms with Crippen LogP contribution in [0.4, 0.5) is 4.79 Å². The van der Waals surface area contributed by atoms with E-state index in [1.807, 2.05) is 20.8 Å². The van der Waals surface area contributed by atoms with Crippen LogP contribution in [0.2, 0.25) is 5.28 Å². The van der Waals surface area contributed by atoms with E-state index in [1.54, 1.807) is 6.07 Å². The third kappa shape index (κ3) is 3.34. The fourth-order valence-corrected chi connectivity index (χ4v) is 1.38. The maximum absolute atomic E-state index is 11.1. The van der Waals surface area contributed by atoms with Gasteiger partial charge in [-0.2, -0.15) is 0 Å². The Bertz CT molecular complexity index is 390. The molecule has 0 aromatic carbocycles. The van der Waals surface area contributed by atoms with Crippen LogP contribution in [0.5, 0.6) is 0 Å². The van der Waals surface area contributed by atoms with Crippen LogP contribution in [-0.2, 0) is 6.54 Å². The van der Waals surface area contributed by atoms with E-state index in [2.05, 4.69) is 9.97 Å². The van der Waals surface area contributed by atoms with E-state index >= 15 is 0 Å². The lowest BCUT2D eigenvalue weighted by Gasteiger charge is -2.32. The summed E-state index contributed by atoms with van der Waals surface area (Å²) < 4.78 is 0. The van der Waals surface area contributed by atoms with Crippen molar-refractivity contribution < 1.29 is 9.90 Å². The van der Waals surface area contributed by atoms with Gasteiger partial charge >= 0.3 is 6.09 Å². The molecule has 0 saturated carbocycles. The highest BCUT2D eigenvalue weighted by Gasteiger charge is 2.26. The number of hydrogen-bond donors (Lipinski definition) is 1. The molecule has 88 valence electrons. The molecular formula is C10H14ClN3O2. The van der Waals surface area contributed by atoms with Gasteiger partial charge in [-0.05, 0) is 38.4 Å². The van der Waals surface area contributed by atoms with E-state index in [1.165, 1.54) is 11.1 Å². The fourth-order valence-electron chi connectivity index (χ4n) is 1.21. The van der Waals surface area contributed by atoms with Crippen LogP contribution in [0.1, 0.15) is 26.5 Å². The number of hydrogen-bond acceptors (Lipinski definition) is 3. The van der Waals surface area contributed by atoms with Gasteiger partial charge in [-0.25, -0.2) is 14.8 Å². The van der Waals surface area contributed by atoms with Crippen LogP contribution in [0, 0.1) is 0 Å². The predicted molar refractivity (Wildman–Crippen MR) is 60.4 cm³/mol. The number of rotatable bonds is 2. The quantitative estimate of drug-likeness (QED) is 0.810. The zero-order valence-electron chi connectivity index (χ0n) is 9.44. The second-order valence-electron chi connectivity index (χ2n) is 4.36. The Morgan fingerprint density at radius 1 is 1.56 bits per heavy atom. The Hall–Kier alpha value is -1.36. The summed E-state index contributed by atoms with van der Waals surface area (Å²) >= 11 is 5.63. The molecule has 0 radical (unpaired) electrons. The van der Waals surface area contributed by atoms with Gasteiger partial charge < -0.3 is 5.11 Å². The molecule has 1 N–H and O–H groups in total. The Kier molecular flexibility index (Phi) is 3.70. The molecule has 1 aromatic rings. The summed E-state index contributed by atoms with van der Waals surface area (Å²) in [6, 6.07) is 1.65. The largest absolute Gasteiger partial charge is 0.465 e. The van der Waals surface area contributed by atoms with Gasteiger partial charge in [0.15, 0.2) is 0 Å². The molecule has 16 heavy (non-hydrogen) atoms. The van der Waals surface area contributed by atoms with Crippen molar-refractivity contribution in [2.24, 2.45) is 0 Å². The van der Waals surface area contributed by atoms with Crippen LogP contribution < -0.4 is 0 Å². The summed E-state index contributed by atoms with van der Waals surface area (Å²) in [4.78, 5) is 20.1. The van der Waals surface area contributed by atoms with Crippen LogP contribution in [0.3, 0.4) is 0 Å². The van der Waals surface area contributed by atoms with Crippen LogP contribution in [-0.4, -0.2) is 31.6 Å².